The van der Waals surface area contributed by atoms with E-state index in [1.165, 1.54) is 0 Å². The van der Waals surface area contributed by atoms with Gasteiger partial charge in [-0.2, -0.15) is 0 Å². The Morgan fingerprint density at radius 3 is 2.36 bits per heavy atom. The van der Waals surface area contributed by atoms with Gasteiger partial charge in [0.05, 0.1) is 13.2 Å². The highest BCUT2D eigenvalue weighted by Gasteiger charge is 2.12. The zero-order chi connectivity index (χ0) is 11.0. The predicted molar refractivity (Wildman–Crippen MR) is 58.2 cm³/mol. The molecule has 0 unspecified atom stereocenters. The Morgan fingerprint density at radius 1 is 1.21 bits per heavy atom. The number of Topliss-reactive ketones (excluding diaryl/α,β-unsaturated/α-hetero) is 1. The Hall–Kier alpha value is -0.410. The molecule has 84 valence electrons. The molecule has 2 N–H and O–H groups in total. The molecule has 0 aromatic rings. The van der Waals surface area contributed by atoms with Crippen molar-refractivity contribution in [3.63, 3.8) is 0 Å². The van der Waals surface area contributed by atoms with Crippen molar-refractivity contribution in [2.24, 2.45) is 11.1 Å². The smallest absolute Gasteiger partial charge is 0.135 e. The fourth-order valence-electron chi connectivity index (χ4n) is 1.01. The number of hydrogen-bond donors (Lipinski definition) is 1. The van der Waals surface area contributed by atoms with Crippen molar-refractivity contribution in [1.29, 1.82) is 0 Å². The third-order valence-corrected chi connectivity index (χ3v) is 1.94. The molecule has 3 nitrogen and oxygen atoms in total. The van der Waals surface area contributed by atoms with Crippen LogP contribution in [0.5, 0.6) is 0 Å². The van der Waals surface area contributed by atoms with Crippen molar-refractivity contribution in [3.05, 3.63) is 0 Å². The molecular formula is C11H23NO2. The van der Waals surface area contributed by atoms with Crippen LogP contribution in [0, 0.1) is 5.41 Å². The maximum atomic E-state index is 11.3. The van der Waals surface area contributed by atoms with Crippen LogP contribution in [-0.4, -0.2) is 25.5 Å². The van der Waals surface area contributed by atoms with E-state index in [0.717, 1.165) is 6.42 Å². The summed E-state index contributed by atoms with van der Waals surface area (Å²) in [5.74, 6) is 0.289. The van der Waals surface area contributed by atoms with Gasteiger partial charge in [-0.1, -0.05) is 20.8 Å². The van der Waals surface area contributed by atoms with E-state index in [1.54, 1.807) is 0 Å². The molecule has 0 spiro atoms. The first-order valence-corrected chi connectivity index (χ1v) is 5.25. The first kappa shape index (κ1) is 13.6. The van der Waals surface area contributed by atoms with Crippen LogP contribution in [0.2, 0.25) is 0 Å². The van der Waals surface area contributed by atoms with Gasteiger partial charge in [-0.05, 0) is 11.8 Å². The minimum Gasteiger partial charge on any atom is -0.380 e. The SMILES string of the molecule is CC(C)(C)CCC(=O)CCOCCN. The number of hydrogen-bond acceptors (Lipinski definition) is 3. The first-order chi connectivity index (χ1) is 6.45. The number of ether oxygens (including phenoxy) is 1. The molecule has 14 heavy (non-hydrogen) atoms. The molecule has 3 heteroatoms. The maximum Gasteiger partial charge on any atom is 0.135 e. The van der Waals surface area contributed by atoms with Gasteiger partial charge < -0.3 is 10.5 Å². The lowest BCUT2D eigenvalue weighted by Gasteiger charge is -2.16. The van der Waals surface area contributed by atoms with Crippen molar-refractivity contribution < 1.29 is 9.53 Å². The summed E-state index contributed by atoms with van der Waals surface area (Å²) in [4.78, 5) is 11.3. The number of rotatable bonds is 7. The lowest BCUT2D eigenvalue weighted by molar-refractivity contribution is -0.120. The van der Waals surface area contributed by atoms with Crippen LogP contribution in [0.4, 0.5) is 0 Å². The van der Waals surface area contributed by atoms with E-state index in [1.807, 2.05) is 0 Å². The van der Waals surface area contributed by atoms with Crippen LogP contribution in [-0.2, 0) is 9.53 Å². The second kappa shape index (κ2) is 6.96. The van der Waals surface area contributed by atoms with E-state index >= 15 is 0 Å². The zero-order valence-electron chi connectivity index (χ0n) is 9.64. The van der Waals surface area contributed by atoms with E-state index in [0.29, 0.717) is 32.6 Å². The van der Waals surface area contributed by atoms with Crippen molar-refractivity contribution in [2.45, 2.75) is 40.0 Å². The van der Waals surface area contributed by atoms with E-state index in [4.69, 9.17) is 10.5 Å². The molecule has 0 aliphatic heterocycles. The van der Waals surface area contributed by atoms with Gasteiger partial charge in [-0.25, -0.2) is 0 Å². The van der Waals surface area contributed by atoms with Crippen LogP contribution < -0.4 is 5.73 Å². The van der Waals surface area contributed by atoms with Gasteiger partial charge in [0.1, 0.15) is 5.78 Å². The van der Waals surface area contributed by atoms with E-state index < -0.39 is 0 Å². The van der Waals surface area contributed by atoms with Gasteiger partial charge in [0.25, 0.3) is 0 Å². The molecule has 0 aliphatic carbocycles. The van der Waals surface area contributed by atoms with E-state index in [9.17, 15) is 4.79 Å². The molecule has 0 bridgehead atoms. The molecule has 0 saturated heterocycles. The molecule has 0 heterocycles. The molecule has 0 aromatic heterocycles. The van der Waals surface area contributed by atoms with Gasteiger partial charge in [0.15, 0.2) is 0 Å². The van der Waals surface area contributed by atoms with Gasteiger partial charge in [-0.3, -0.25) is 4.79 Å². The van der Waals surface area contributed by atoms with Crippen molar-refractivity contribution in [3.8, 4) is 0 Å². The summed E-state index contributed by atoms with van der Waals surface area (Å²) in [5, 5.41) is 0. The Labute approximate surface area is 87.0 Å². The molecule has 0 rings (SSSR count). The standard InChI is InChI=1S/C11H23NO2/c1-11(2,3)6-4-10(13)5-8-14-9-7-12/h4-9,12H2,1-3H3. The van der Waals surface area contributed by atoms with Crippen LogP contribution in [0.3, 0.4) is 0 Å². The molecule has 0 aliphatic rings. The van der Waals surface area contributed by atoms with E-state index in [-0.39, 0.29) is 11.2 Å². The average molecular weight is 201 g/mol. The maximum absolute atomic E-state index is 11.3. The van der Waals surface area contributed by atoms with Crippen LogP contribution in [0.15, 0.2) is 0 Å². The first-order valence-electron chi connectivity index (χ1n) is 5.25. The van der Waals surface area contributed by atoms with Crippen LogP contribution in [0.1, 0.15) is 40.0 Å². The summed E-state index contributed by atoms with van der Waals surface area (Å²) in [6.07, 6.45) is 2.13. The highest BCUT2D eigenvalue weighted by Crippen LogP contribution is 2.20. The molecule has 0 fully saturated rings. The van der Waals surface area contributed by atoms with E-state index in [2.05, 4.69) is 20.8 Å². The summed E-state index contributed by atoms with van der Waals surface area (Å²) in [6.45, 7) is 8.02. The number of carbonyl (C=O) groups excluding carboxylic acids is 1. The Kier molecular flexibility index (Phi) is 6.75. The van der Waals surface area contributed by atoms with Gasteiger partial charge in [-0.15, -0.1) is 0 Å². The van der Waals surface area contributed by atoms with Crippen LogP contribution >= 0.6 is 0 Å². The summed E-state index contributed by atoms with van der Waals surface area (Å²) in [5.41, 5.74) is 5.50. The topological polar surface area (TPSA) is 52.3 Å². The zero-order valence-corrected chi connectivity index (χ0v) is 9.64. The Morgan fingerprint density at radius 2 is 1.86 bits per heavy atom. The van der Waals surface area contributed by atoms with Crippen molar-refractivity contribution in [2.75, 3.05) is 19.8 Å². The minimum atomic E-state index is 0.244. The molecule has 0 saturated carbocycles. The number of nitrogens with two attached hydrogens (primary N) is 1. The molecule has 0 aromatic carbocycles. The largest absolute Gasteiger partial charge is 0.380 e. The predicted octanol–water partition coefficient (Wildman–Crippen LogP) is 1.75. The van der Waals surface area contributed by atoms with Gasteiger partial charge in [0, 0.05) is 19.4 Å². The normalized spacial score (nSPS) is 11.7. The average Bonchev–Trinajstić information content (AvgIpc) is 2.08. The Balaban J connectivity index is 3.38. The second-order valence-corrected chi connectivity index (χ2v) is 4.75. The van der Waals surface area contributed by atoms with Crippen LogP contribution in [0.25, 0.3) is 0 Å². The third-order valence-electron chi connectivity index (χ3n) is 1.94. The van der Waals surface area contributed by atoms with Gasteiger partial charge in [0.2, 0.25) is 0 Å². The number of ketones is 1. The monoisotopic (exact) mass is 201 g/mol. The summed E-state index contributed by atoms with van der Waals surface area (Å²) in [6, 6.07) is 0. The summed E-state index contributed by atoms with van der Waals surface area (Å²) in [7, 11) is 0. The lowest BCUT2D eigenvalue weighted by atomic mass is 9.89. The minimum absolute atomic E-state index is 0.244. The molecule has 0 radical (unpaired) electrons. The second-order valence-electron chi connectivity index (χ2n) is 4.75. The molecule has 0 amide bonds. The highest BCUT2D eigenvalue weighted by atomic mass is 16.5. The quantitative estimate of drug-likeness (QED) is 0.638. The van der Waals surface area contributed by atoms with Crippen molar-refractivity contribution >= 4 is 5.78 Å². The number of carbonyl (C=O) groups is 1. The lowest BCUT2D eigenvalue weighted by Crippen LogP contribution is -2.13. The summed E-state index contributed by atoms with van der Waals surface area (Å²) < 4.78 is 5.14. The summed E-state index contributed by atoms with van der Waals surface area (Å²) >= 11 is 0. The van der Waals surface area contributed by atoms with Gasteiger partial charge >= 0.3 is 0 Å². The third kappa shape index (κ3) is 9.68. The Bertz CT molecular complexity index is 161. The fourth-order valence-corrected chi connectivity index (χ4v) is 1.01. The highest BCUT2D eigenvalue weighted by molar-refractivity contribution is 5.78. The molecular weight excluding hydrogens is 178 g/mol. The van der Waals surface area contributed by atoms with Crippen molar-refractivity contribution in [1.82, 2.24) is 0 Å². The fraction of sp³-hybridized carbons (Fsp3) is 0.909. The molecule has 0 atom stereocenters.